The van der Waals surface area contributed by atoms with Crippen molar-refractivity contribution in [1.29, 1.82) is 0 Å². The fourth-order valence-corrected chi connectivity index (χ4v) is 6.88. The van der Waals surface area contributed by atoms with Crippen LogP contribution in [0, 0.1) is 11.2 Å². The van der Waals surface area contributed by atoms with Crippen LogP contribution < -0.4 is 10.9 Å². The largest absolute Gasteiger partial charge is 0.387 e. The van der Waals surface area contributed by atoms with Crippen LogP contribution >= 0.6 is 0 Å². The second-order valence-electron chi connectivity index (χ2n) is 11.1. The third-order valence-corrected chi connectivity index (χ3v) is 9.00. The monoisotopic (exact) mass is 519 g/mol. The maximum Gasteiger partial charge on any atom is 0.320 e. The van der Waals surface area contributed by atoms with Crippen molar-refractivity contribution in [2.24, 2.45) is 5.41 Å². The van der Waals surface area contributed by atoms with Crippen molar-refractivity contribution < 1.29 is 14.3 Å². The number of likely N-dealkylation sites (tertiary alicyclic amines) is 1. The molecule has 2 atom stereocenters. The molecule has 200 valence electrons. The van der Waals surface area contributed by atoms with Gasteiger partial charge >= 0.3 is 6.03 Å². The van der Waals surface area contributed by atoms with Gasteiger partial charge in [-0.2, -0.15) is 0 Å². The Kier molecular flexibility index (Phi) is 6.44. The number of piperidine rings is 1. The first-order valence-electron chi connectivity index (χ1n) is 13.6. The molecule has 1 aromatic heterocycles. The van der Waals surface area contributed by atoms with Crippen LogP contribution in [-0.4, -0.2) is 68.8 Å². The Morgan fingerprint density at radius 3 is 2.68 bits per heavy atom. The van der Waals surface area contributed by atoms with Crippen molar-refractivity contribution in [3.63, 3.8) is 0 Å². The number of carbonyl (C=O) groups excluding carboxylic acids is 1. The van der Waals surface area contributed by atoms with E-state index in [1.165, 1.54) is 29.1 Å². The number of piperazine rings is 1. The first kappa shape index (κ1) is 25.0. The van der Waals surface area contributed by atoms with E-state index in [1.807, 2.05) is 28.0 Å². The smallest absolute Gasteiger partial charge is 0.320 e. The molecule has 1 saturated carbocycles. The fraction of sp³-hybridized carbons (Fsp3) is 0.483. The molecule has 1 aliphatic carbocycles. The van der Waals surface area contributed by atoms with E-state index in [-0.39, 0.29) is 29.6 Å². The average molecular weight is 520 g/mol. The molecule has 2 aliphatic heterocycles. The van der Waals surface area contributed by atoms with Gasteiger partial charge in [-0.15, -0.1) is 0 Å². The number of rotatable bonds is 3. The maximum atomic E-state index is 13.9. The van der Waals surface area contributed by atoms with E-state index in [4.69, 9.17) is 0 Å². The number of nitrogens with zero attached hydrogens (tertiary/aromatic N) is 4. The Morgan fingerprint density at radius 2 is 1.89 bits per heavy atom. The lowest BCUT2D eigenvalue weighted by molar-refractivity contribution is -0.136. The van der Waals surface area contributed by atoms with E-state index in [9.17, 15) is 19.1 Å². The van der Waals surface area contributed by atoms with Gasteiger partial charge in [0.2, 0.25) is 0 Å². The van der Waals surface area contributed by atoms with Gasteiger partial charge in [0.15, 0.2) is 0 Å². The van der Waals surface area contributed by atoms with Gasteiger partial charge < -0.3 is 20.2 Å². The van der Waals surface area contributed by atoms with E-state index in [1.54, 1.807) is 0 Å². The van der Waals surface area contributed by atoms with Crippen LogP contribution in [0.1, 0.15) is 43.7 Å². The van der Waals surface area contributed by atoms with Gasteiger partial charge in [0.1, 0.15) is 5.82 Å². The Bertz CT molecular complexity index is 1390. The topological polar surface area (TPSA) is 90.7 Å². The van der Waals surface area contributed by atoms with Crippen molar-refractivity contribution in [1.82, 2.24) is 24.7 Å². The highest BCUT2D eigenvalue weighted by Gasteiger charge is 2.56. The molecule has 2 saturated heterocycles. The second kappa shape index (κ2) is 9.78. The van der Waals surface area contributed by atoms with Crippen molar-refractivity contribution in [2.75, 3.05) is 32.7 Å². The summed E-state index contributed by atoms with van der Waals surface area (Å²) in [6, 6.07) is 14.1. The van der Waals surface area contributed by atoms with Gasteiger partial charge in [-0.25, -0.2) is 14.2 Å². The Morgan fingerprint density at radius 1 is 1.11 bits per heavy atom. The molecule has 3 heterocycles. The minimum absolute atomic E-state index is 0.00805. The standard InChI is InChI=1S/C29H34FN5O3/c30-22-8-9-24-23(16-22)26(36)34(20-32-24)19-29(38)12-14-33(18-28(29)10-4-5-11-28)27(37)35-15-13-31-17-25(35)21-6-2-1-3-7-21/h1-3,6-9,16,20,25,31,38H,4-5,10-15,17-19H2. The molecular formula is C29H34FN5O3. The summed E-state index contributed by atoms with van der Waals surface area (Å²) in [5.41, 5.74) is -0.500. The van der Waals surface area contributed by atoms with Crippen LogP contribution in [0.5, 0.6) is 0 Å². The van der Waals surface area contributed by atoms with Crippen molar-refractivity contribution >= 4 is 16.9 Å². The fourth-order valence-electron chi connectivity index (χ4n) is 6.88. The number of aliphatic hydroxyl groups is 1. The number of carbonyl (C=O) groups is 1. The second-order valence-corrected chi connectivity index (χ2v) is 11.1. The van der Waals surface area contributed by atoms with Crippen molar-refractivity contribution in [2.45, 2.75) is 50.3 Å². The molecule has 0 bridgehead atoms. The highest BCUT2D eigenvalue weighted by molar-refractivity contribution is 5.77. The number of amides is 2. The summed E-state index contributed by atoms with van der Waals surface area (Å²) < 4.78 is 15.3. The molecule has 1 spiro atoms. The molecule has 38 heavy (non-hydrogen) atoms. The lowest BCUT2D eigenvalue weighted by Gasteiger charge is -2.53. The van der Waals surface area contributed by atoms with Gasteiger partial charge in [-0.05, 0) is 43.0 Å². The molecule has 2 N–H and O–H groups in total. The minimum Gasteiger partial charge on any atom is -0.387 e. The third-order valence-electron chi connectivity index (χ3n) is 9.00. The molecular weight excluding hydrogens is 485 g/mol. The third kappa shape index (κ3) is 4.27. The van der Waals surface area contributed by atoms with Gasteiger partial charge in [-0.1, -0.05) is 43.2 Å². The molecule has 8 nitrogen and oxygen atoms in total. The lowest BCUT2D eigenvalue weighted by Crippen LogP contribution is -2.64. The zero-order valence-electron chi connectivity index (χ0n) is 21.5. The first-order valence-corrected chi connectivity index (χ1v) is 13.6. The summed E-state index contributed by atoms with van der Waals surface area (Å²) >= 11 is 0. The van der Waals surface area contributed by atoms with Crippen LogP contribution in [0.25, 0.3) is 10.9 Å². The van der Waals surface area contributed by atoms with Crippen molar-refractivity contribution in [3.05, 3.63) is 76.6 Å². The zero-order valence-corrected chi connectivity index (χ0v) is 21.5. The average Bonchev–Trinajstić information content (AvgIpc) is 3.42. The number of aromatic nitrogens is 2. The van der Waals surface area contributed by atoms with E-state index < -0.39 is 16.8 Å². The molecule has 3 aliphatic rings. The number of hydrogen-bond donors (Lipinski definition) is 2. The maximum absolute atomic E-state index is 13.9. The quantitative estimate of drug-likeness (QED) is 0.554. The normalized spacial score (nSPS) is 25.3. The molecule has 2 aromatic carbocycles. The lowest BCUT2D eigenvalue weighted by atomic mass is 9.66. The summed E-state index contributed by atoms with van der Waals surface area (Å²) in [4.78, 5) is 35.4. The summed E-state index contributed by atoms with van der Waals surface area (Å²) in [5.74, 6) is -0.492. The van der Waals surface area contributed by atoms with Gasteiger partial charge in [0.05, 0.1) is 35.4 Å². The number of halogens is 1. The zero-order chi connectivity index (χ0) is 26.3. The molecule has 2 unspecified atom stereocenters. The van der Waals surface area contributed by atoms with E-state index in [2.05, 4.69) is 22.4 Å². The van der Waals surface area contributed by atoms with E-state index in [0.717, 1.165) is 37.8 Å². The van der Waals surface area contributed by atoms with Crippen LogP contribution in [0.15, 0.2) is 59.7 Å². The van der Waals surface area contributed by atoms with Gasteiger partial charge in [0.25, 0.3) is 5.56 Å². The Hall–Kier alpha value is -3.30. The molecule has 2 amide bonds. The summed E-state index contributed by atoms with van der Waals surface area (Å²) in [5, 5.41) is 15.8. The Labute approximate surface area is 221 Å². The number of nitrogens with one attached hydrogen (secondary N) is 1. The predicted octanol–water partition coefficient (Wildman–Crippen LogP) is 3.30. The van der Waals surface area contributed by atoms with Gasteiger partial charge in [-0.3, -0.25) is 9.36 Å². The van der Waals surface area contributed by atoms with Crippen LogP contribution in [0.3, 0.4) is 0 Å². The summed E-state index contributed by atoms with van der Waals surface area (Å²) in [6.07, 6.45) is 5.35. The summed E-state index contributed by atoms with van der Waals surface area (Å²) in [6.45, 7) is 3.02. The van der Waals surface area contributed by atoms with Crippen LogP contribution in [0.4, 0.5) is 9.18 Å². The highest BCUT2D eigenvalue weighted by Crippen LogP contribution is 2.51. The molecule has 6 rings (SSSR count). The highest BCUT2D eigenvalue weighted by atomic mass is 19.1. The number of benzene rings is 2. The molecule has 0 radical (unpaired) electrons. The first-order chi connectivity index (χ1) is 18.4. The van der Waals surface area contributed by atoms with Gasteiger partial charge in [0, 0.05) is 38.1 Å². The van der Waals surface area contributed by atoms with Crippen LogP contribution in [-0.2, 0) is 6.54 Å². The van der Waals surface area contributed by atoms with Crippen molar-refractivity contribution in [3.8, 4) is 0 Å². The Balaban J connectivity index is 1.27. The van der Waals surface area contributed by atoms with Crippen LogP contribution in [0.2, 0.25) is 0 Å². The van der Waals surface area contributed by atoms with E-state index in [0.29, 0.717) is 38.1 Å². The number of fused-ring (bicyclic) bond motifs is 1. The number of urea groups is 1. The molecule has 9 heteroatoms. The van der Waals surface area contributed by atoms with E-state index >= 15 is 0 Å². The molecule has 3 fully saturated rings. The summed E-state index contributed by atoms with van der Waals surface area (Å²) in [7, 11) is 0. The SMILES string of the molecule is O=C(N1CCC(O)(Cn2cnc3ccc(F)cc3c2=O)C2(CCCC2)C1)N1CCNCC1c1ccccc1. The number of hydrogen-bond acceptors (Lipinski definition) is 5. The molecule has 3 aromatic rings. The predicted molar refractivity (Wildman–Crippen MR) is 142 cm³/mol. The minimum atomic E-state index is -1.17.